The summed E-state index contributed by atoms with van der Waals surface area (Å²) in [5.74, 6) is -0.512. The number of alkyl halides is 3. The molecule has 0 bridgehead atoms. The maximum Gasteiger partial charge on any atom is 0.534 e. The standard InChI is InChI=1S/C12H15F3O5SSi/c1-22(2,3)11-5-9(7-17)8(6-16)4-10(11)20-21(18,19)12(13,14)15/h4-7,16-17H,1-3H3. The van der Waals surface area contributed by atoms with Crippen LogP contribution in [0.15, 0.2) is 12.1 Å². The Bertz CT molecular complexity index is 779. The molecule has 0 fully saturated rings. The van der Waals surface area contributed by atoms with Gasteiger partial charge >= 0.3 is 15.6 Å². The number of benzene rings is 1. The van der Waals surface area contributed by atoms with Crippen LogP contribution in [-0.4, -0.2) is 32.2 Å². The molecule has 0 heterocycles. The van der Waals surface area contributed by atoms with E-state index in [1.165, 1.54) is 6.07 Å². The Morgan fingerprint density at radius 1 is 1.09 bits per heavy atom. The van der Waals surface area contributed by atoms with E-state index in [1.807, 2.05) is 0 Å². The van der Waals surface area contributed by atoms with Crippen LogP contribution in [0.2, 0.25) is 19.6 Å². The summed E-state index contributed by atoms with van der Waals surface area (Å²) in [4.78, 5) is 0. The van der Waals surface area contributed by atoms with Gasteiger partial charge in [-0.2, -0.15) is 21.6 Å². The first kappa shape index (κ1) is 18.4. The van der Waals surface area contributed by atoms with E-state index in [2.05, 4.69) is 4.18 Å². The van der Waals surface area contributed by atoms with Crippen LogP contribution in [0, 0.1) is 0 Å². The number of rotatable bonds is 3. The zero-order valence-electron chi connectivity index (χ0n) is 12.0. The highest BCUT2D eigenvalue weighted by Crippen LogP contribution is 2.26. The molecule has 2 N–H and O–H groups in total. The first-order valence-electron chi connectivity index (χ1n) is 5.97. The predicted molar refractivity (Wildman–Crippen MR) is 78.5 cm³/mol. The van der Waals surface area contributed by atoms with Gasteiger partial charge in [0.1, 0.15) is 5.75 Å². The van der Waals surface area contributed by atoms with E-state index < -0.39 is 29.4 Å². The zero-order valence-corrected chi connectivity index (χ0v) is 13.8. The van der Waals surface area contributed by atoms with E-state index in [0.29, 0.717) is 12.5 Å². The summed E-state index contributed by atoms with van der Waals surface area (Å²) in [7, 11) is -8.13. The van der Waals surface area contributed by atoms with Crippen molar-refractivity contribution in [2.75, 3.05) is 0 Å². The summed E-state index contributed by atoms with van der Waals surface area (Å²) in [5, 5.41) is 18.5. The van der Waals surface area contributed by atoms with E-state index in [4.69, 9.17) is 10.2 Å². The maximum absolute atomic E-state index is 12.5. The fraction of sp³-hybridized carbons (Fsp3) is 0.333. The van der Waals surface area contributed by atoms with Gasteiger partial charge in [0, 0.05) is 10.4 Å². The van der Waals surface area contributed by atoms with Crippen LogP contribution in [0.1, 0.15) is 0 Å². The first-order chi connectivity index (χ1) is 9.83. The van der Waals surface area contributed by atoms with E-state index >= 15 is 0 Å². The van der Waals surface area contributed by atoms with Gasteiger partial charge in [0.05, 0.1) is 20.6 Å². The van der Waals surface area contributed by atoms with E-state index in [0.717, 1.165) is 6.07 Å². The van der Waals surface area contributed by atoms with Gasteiger partial charge in [-0.1, -0.05) is 19.6 Å². The number of hydrogen-bond acceptors (Lipinski definition) is 5. The van der Waals surface area contributed by atoms with Crippen molar-refractivity contribution >= 4 is 35.9 Å². The summed E-state index contributed by atoms with van der Waals surface area (Å²) >= 11 is 0. The minimum atomic E-state index is -5.82. The highest BCUT2D eigenvalue weighted by atomic mass is 32.2. The van der Waals surface area contributed by atoms with E-state index in [-0.39, 0.29) is 15.6 Å². The van der Waals surface area contributed by atoms with Crippen molar-refractivity contribution in [3.8, 4) is 5.75 Å². The second-order valence-corrected chi connectivity index (χ2v) is 12.0. The van der Waals surface area contributed by atoms with E-state index in [1.54, 1.807) is 19.6 Å². The molecule has 0 aliphatic heterocycles. The van der Waals surface area contributed by atoms with Gasteiger partial charge in [-0.15, -0.1) is 0 Å². The molecule has 0 atom stereocenters. The summed E-state index contributed by atoms with van der Waals surface area (Å²) < 4.78 is 64.0. The molecule has 5 nitrogen and oxygen atoms in total. The third-order valence-electron chi connectivity index (χ3n) is 2.75. The Labute approximate surface area is 126 Å². The molecular formula is C12H15F3O5SSi. The predicted octanol–water partition coefficient (Wildman–Crippen LogP) is 1.05. The Morgan fingerprint density at radius 3 is 1.91 bits per heavy atom. The van der Waals surface area contributed by atoms with Crippen molar-refractivity contribution in [1.82, 2.24) is 0 Å². The third-order valence-corrected chi connectivity index (χ3v) is 5.73. The topological polar surface area (TPSA) is 83.8 Å². The molecule has 1 rings (SSSR count). The molecule has 10 heteroatoms. The molecule has 0 aromatic heterocycles. The van der Waals surface area contributed by atoms with Crippen molar-refractivity contribution in [3.05, 3.63) is 22.6 Å². The van der Waals surface area contributed by atoms with Gasteiger partial charge in [0.15, 0.2) is 0 Å². The molecule has 1 aromatic rings. The fourth-order valence-corrected chi connectivity index (χ4v) is 3.65. The molecule has 22 heavy (non-hydrogen) atoms. The molecule has 0 spiro atoms. The molecule has 0 unspecified atom stereocenters. The van der Waals surface area contributed by atoms with Crippen LogP contribution < -0.4 is 19.8 Å². The van der Waals surface area contributed by atoms with Crippen molar-refractivity contribution in [3.63, 3.8) is 0 Å². The molecule has 0 aliphatic rings. The summed E-state index contributed by atoms with van der Waals surface area (Å²) in [6.45, 7) is 5.29. The SMILES string of the molecule is C[Si](C)(C)c1cc(=CO)c(=CO)cc1OS(=O)(=O)C(F)(F)F. The van der Waals surface area contributed by atoms with Crippen molar-refractivity contribution in [2.24, 2.45) is 0 Å². The third kappa shape index (κ3) is 3.74. The molecule has 0 saturated heterocycles. The Morgan fingerprint density at radius 2 is 1.55 bits per heavy atom. The molecular weight excluding hydrogens is 341 g/mol. The molecule has 0 amide bonds. The normalized spacial score (nSPS) is 15.2. The smallest absolute Gasteiger partial charge is 0.515 e. The van der Waals surface area contributed by atoms with Crippen LogP contribution >= 0.6 is 0 Å². The van der Waals surface area contributed by atoms with Gasteiger partial charge in [0.2, 0.25) is 0 Å². The lowest BCUT2D eigenvalue weighted by molar-refractivity contribution is -0.0499. The van der Waals surface area contributed by atoms with E-state index in [9.17, 15) is 21.6 Å². The summed E-state index contributed by atoms with van der Waals surface area (Å²) in [6.07, 6.45) is 1.19. The number of aliphatic hydroxyl groups is 2. The Balaban J connectivity index is 3.68. The van der Waals surface area contributed by atoms with Crippen LogP contribution in [0.4, 0.5) is 13.2 Å². The van der Waals surface area contributed by atoms with Crippen LogP contribution in [0.3, 0.4) is 0 Å². The quantitative estimate of drug-likeness (QED) is 0.481. The van der Waals surface area contributed by atoms with Crippen LogP contribution in [0.25, 0.3) is 12.5 Å². The first-order valence-corrected chi connectivity index (χ1v) is 10.9. The molecule has 0 saturated carbocycles. The average molecular weight is 356 g/mol. The number of hydrogen-bond donors (Lipinski definition) is 2. The van der Waals surface area contributed by atoms with Gasteiger partial charge in [-0.05, 0) is 17.3 Å². The van der Waals surface area contributed by atoms with Crippen LogP contribution in [0.5, 0.6) is 5.75 Å². The summed E-state index contributed by atoms with van der Waals surface area (Å²) in [5.41, 5.74) is -5.56. The van der Waals surface area contributed by atoms with Crippen LogP contribution in [-0.2, 0) is 10.1 Å². The second-order valence-electron chi connectivity index (χ2n) is 5.47. The lowest BCUT2D eigenvalue weighted by Crippen LogP contribution is -2.44. The lowest BCUT2D eigenvalue weighted by atomic mass is 10.2. The van der Waals surface area contributed by atoms with Gasteiger partial charge in [-0.3, -0.25) is 0 Å². The largest absolute Gasteiger partial charge is 0.534 e. The number of aliphatic hydroxyl groups excluding tert-OH is 2. The van der Waals surface area contributed by atoms with Crippen molar-refractivity contribution in [2.45, 2.75) is 25.1 Å². The minimum absolute atomic E-state index is 0.0723. The molecule has 0 aliphatic carbocycles. The lowest BCUT2D eigenvalue weighted by Gasteiger charge is -2.21. The minimum Gasteiger partial charge on any atom is -0.515 e. The highest BCUT2D eigenvalue weighted by Gasteiger charge is 2.49. The molecule has 0 radical (unpaired) electrons. The van der Waals surface area contributed by atoms with Gasteiger partial charge in [-0.25, -0.2) is 0 Å². The van der Waals surface area contributed by atoms with Crippen molar-refractivity contribution in [1.29, 1.82) is 0 Å². The fourth-order valence-electron chi connectivity index (χ4n) is 1.66. The second kappa shape index (κ2) is 5.84. The van der Waals surface area contributed by atoms with Crippen molar-refractivity contribution < 1.29 is 36.0 Å². The summed E-state index contributed by atoms with van der Waals surface area (Å²) in [6, 6.07) is 2.24. The van der Waals surface area contributed by atoms with Gasteiger partial charge < -0.3 is 14.4 Å². The maximum atomic E-state index is 12.5. The monoisotopic (exact) mass is 356 g/mol. The highest BCUT2D eigenvalue weighted by molar-refractivity contribution is 7.88. The zero-order chi connectivity index (χ0) is 17.3. The Kier molecular flexibility index (Phi) is 4.87. The average Bonchev–Trinajstić information content (AvgIpc) is 2.34. The molecule has 124 valence electrons. The Hall–Kier alpha value is -1.68. The molecule has 1 aromatic carbocycles. The number of halogens is 3. The van der Waals surface area contributed by atoms with Gasteiger partial charge in [0.25, 0.3) is 0 Å².